The van der Waals surface area contributed by atoms with Crippen molar-refractivity contribution in [2.45, 2.75) is 17.7 Å². The highest BCUT2D eigenvalue weighted by Crippen LogP contribution is 2.15. The zero-order valence-electron chi connectivity index (χ0n) is 11.0. The van der Waals surface area contributed by atoms with Crippen molar-refractivity contribution in [3.05, 3.63) is 28.7 Å². The number of carboxylic acids is 1. The fraction of sp³-hybridized carbons (Fsp3) is 0.333. The van der Waals surface area contributed by atoms with Crippen molar-refractivity contribution >= 4 is 37.8 Å². The second-order valence-electron chi connectivity index (χ2n) is 4.10. The first kappa shape index (κ1) is 17.6. The van der Waals surface area contributed by atoms with Crippen molar-refractivity contribution < 1.29 is 23.1 Å². The molecule has 1 aromatic carbocycles. The van der Waals surface area contributed by atoms with Crippen LogP contribution in [-0.2, 0) is 19.6 Å². The molecular formula is C12H15BrN2O5S. The monoisotopic (exact) mass is 378 g/mol. The summed E-state index contributed by atoms with van der Waals surface area (Å²) in [5.74, 6) is -1.42. The molecule has 0 heterocycles. The maximum Gasteiger partial charge on any atom is 0.305 e. The largest absolute Gasteiger partial charge is 0.481 e. The van der Waals surface area contributed by atoms with E-state index in [0.29, 0.717) is 4.47 Å². The van der Waals surface area contributed by atoms with E-state index in [9.17, 15) is 18.0 Å². The second kappa shape index (κ2) is 8.11. The van der Waals surface area contributed by atoms with Crippen molar-refractivity contribution in [2.24, 2.45) is 0 Å². The van der Waals surface area contributed by atoms with E-state index in [1.165, 1.54) is 12.1 Å². The molecule has 0 spiro atoms. The molecule has 21 heavy (non-hydrogen) atoms. The van der Waals surface area contributed by atoms with Crippen LogP contribution in [0.5, 0.6) is 0 Å². The lowest BCUT2D eigenvalue weighted by Crippen LogP contribution is -2.31. The number of nitrogens with one attached hydrogen (secondary N) is 2. The van der Waals surface area contributed by atoms with Gasteiger partial charge in [-0.05, 0) is 18.2 Å². The Bertz CT molecular complexity index is 618. The molecule has 7 nitrogen and oxygen atoms in total. The van der Waals surface area contributed by atoms with Crippen molar-refractivity contribution in [2.75, 3.05) is 13.1 Å². The van der Waals surface area contributed by atoms with Crippen LogP contribution in [0.3, 0.4) is 0 Å². The van der Waals surface area contributed by atoms with Gasteiger partial charge in [0.2, 0.25) is 15.9 Å². The maximum absolute atomic E-state index is 11.9. The van der Waals surface area contributed by atoms with Gasteiger partial charge in [0.1, 0.15) is 0 Å². The molecule has 0 aliphatic rings. The Balaban J connectivity index is 2.41. The molecule has 0 aliphatic carbocycles. The molecule has 0 saturated carbocycles. The summed E-state index contributed by atoms with van der Waals surface area (Å²) in [5, 5.41) is 10.8. The van der Waals surface area contributed by atoms with Crippen molar-refractivity contribution in [1.29, 1.82) is 0 Å². The summed E-state index contributed by atoms with van der Waals surface area (Å²) in [4.78, 5) is 21.7. The van der Waals surface area contributed by atoms with Gasteiger partial charge < -0.3 is 10.4 Å². The van der Waals surface area contributed by atoms with Gasteiger partial charge in [-0.15, -0.1) is 0 Å². The second-order valence-corrected chi connectivity index (χ2v) is 6.78. The molecular weight excluding hydrogens is 364 g/mol. The summed E-state index contributed by atoms with van der Waals surface area (Å²) in [5.41, 5.74) is 0. The van der Waals surface area contributed by atoms with Crippen LogP contribution in [0.15, 0.2) is 33.6 Å². The van der Waals surface area contributed by atoms with Gasteiger partial charge in [-0.25, -0.2) is 13.1 Å². The number of amides is 1. The minimum Gasteiger partial charge on any atom is -0.481 e. The van der Waals surface area contributed by atoms with Gasteiger partial charge in [0.15, 0.2) is 0 Å². The Morgan fingerprint density at radius 2 is 1.90 bits per heavy atom. The van der Waals surface area contributed by atoms with Gasteiger partial charge in [-0.3, -0.25) is 9.59 Å². The number of sulfonamides is 1. The van der Waals surface area contributed by atoms with E-state index >= 15 is 0 Å². The molecule has 0 aliphatic heterocycles. The molecule has 0 bridgehead atoms. The molecule has 0 atom stereocenters. The highest BCUT2D eigenvalue weighted by atomic mass is 79.9. The predicted octanol–water partition coefficient (Wildman–Crippen LogP) is 0.708. The lowest BCUT2D eigenvalue weighted by Gasteiger charge is -2.07. The SMILES string of the molecule is O=C(O)CCNC(=O)CCNS(=O)(=O)c1cccc(Br)c1. The molecule has 1 aromatic rings. The van der Waals surface area contributed by atoms with E-state index in [0.717, 1.165) is 0 Å². The third-order valence-electron chi connectivity index (χ3n) is 2.41. The van der Waals surface area contributed by atoms with Crippen molar-refractivity contribution in [3.63, 3.8) is 0 Å². The normalized spacial score (nSPS) is 11.1. The topological polar surface area (TPSA) is 113 Å². The van der Waals surface area contributed by atoms with Gasteiger partial charge in [-0.2, -0.15) is 0 Å². The number of hydrogen-bond acceptors (Lipinski definition) is 4. The fourth-order valence-corrected chi connectivity index (χ4v) is 3.04. The van der Waals surface area contributed by atoms with E-state index in [-0.39, 0.29) is 30.8 Å². The molecule has 0 fully saturated rings. The van der Waals surface area contributed by atoms with Crippen LogP contribution in [0, 0.1) is 0 Å². The first-order valence-corrected chi connectivity index (χ1v) is 8.32. The minimum absolute atomic E-state index is 0.0204. The number of carbonyl (C=O) groups is 2. The third kappa shape index (κ3) is 6.69. The average molecular weight is 379 g/mol. The van der Waals surface area contributed by atoms with Crippen LogP contribution in [0.4, 0.5) is 0 Å². The van der Waals surface area contributed by atoms with Crippen molar-refractivity contribution in [1.82, 2.24) is 10.0 Å². The van der Waals surface area contributed by atoms with E-state index in [2.05, 4.69) is 26.0 Å². The Labute approximate surface area is 130 Å². The first-order valence-electron chi connectivity index (χ1n) is 6.05. The van der Waals surface area contributed by atoms with Gasteiger partial charge in [-0.1, -0.05) is 22.0 Å². The van der Waals surface area contributed by atoms with Gasteiger partial charge >= 0.3 is 5.97 Å². The number of carboxylic acid groups (broad SMARTS) is 1. The summed E-state index contributed by atoms with van der Waals surface area (Å²) < 4.78 is 26.8. The summed E-state index contributed by atoms with van der Waals surface area (Å²) >= 11 is 3.18. The van der Waals surface area contributed by atoms with Crippen LogP contribution in [0.25, 0.3) is 0 Å². The van der Waals surface area contributed by atoms with E-state index in [4.69, 9.17) is 5.11 Å². The first-order chi connectivity index (χ1) is 9.81. The molecule has 0 saturated heterocycles. The smallest absolute Gasteiger partial charge is 0.305 e. The fourth-order valence-electron chi connectivity index (χ4n) is 1.41. The minimum atomic E-state index is -3.67. The molecule has 0 aromatic heterocycles. The standard InChI is InChI=1S/C12H15BrN2O5S/c13-9-2-1-3-10(8-9)21(19,20)15-7-4-11(16)14-6-5-12(17)18/h1-3,8,15H,4-7H2,(H,14,16)(H,17,18). The number of carbonyl (C=O) groups excluding carboxylic acids is 1. The lowest BCUT2D eigenvalue weighted by molar-refractivity contribution is -0.136. The van der Waals surface area contributed by atoms with E-state index in [1.807, 2.05) is 0 Å². The summed E-state index contributed by atoms with van der Waals surface area (Å²) in [6.07, 6.45) is -0.234. The average Bonchev–Trinajstić information content (AvgIpc) is 2.38. The Morgan fingerprint density at radius 1 is 1.19 bits per heavy atom. The number of halogens is 1. The van der Waals surface area contributed by atoms with Crippen LogP contribution in [-0.4, -0.2) is 38.5 Å². The Morgan fingerprint density at radius 3 is 2.52 bits per heavy atom. The van der Waals surface area contributed by atoms with E-state index < -0.39 is 21.9 Å². The zero-order chi connectivity index (χ0) is 15.9. The Hall–Kier alpha value is -1.45. The highest BCUT2D eigenvalue weighted by molar-refractivity contribution is 9.10. The summed E-state index contributed by atoms with van der Waals surface area (Å²) in [6.45, 7) is -0.0414. The zero-order valence-corrected chi connectivity index (χ0v) is 13.4. The number of benzene rings is 1. The van der Waals surface area contributed by atoms with Crippen LogP contribution in [0.1, 0.15) is 12.8 Å². The predicted molar refractivity (Wildman–Crippen MR) is 79.2 cm³/mol. The Kier molecular flexibility index (Phi) is 6.79. The van der Waals surface area contributed by atoms with E-state index in [1.54, 1.807) is 12.1 Å². The quantitative estimate of drug-likeness (QED) is 0.616. The molecule has 1 rings (SSSR count). The third-order valence-corrected chi connectivity index (χ3v) is 4.36. The molecule has 116 valence electrons. The molecule has 9 heteroatoms. The number of aliphatic carboxylic acids is 1. The lowest BCUT2D eigenvalue weighted by atomic mass is 10.4. The molecule has 1 amide bonds. The van der Waals surface area contributed by atoms with Crippen LogP contribution in [0.2, 0.25) is 0 Å². The highest BCUT2D eigenvalue weighted by Gasteiger charge is 2.14. The molecule has 3 N–H and O–H groups in total. The number of rotatable bonds is 8. The van der Waals surface area contributed by atoms with Crippen LogP contribution < -0.4 is 10.0 Å². The number of hydrogen-bond donors (Lipinski definition) is 3. The summed E-state index contributed by atoms with van der Waals surface area (Å²) in [6, 6.07) is 6.20. The maximum atomic E-state index is 11.9. The molecule has 0 unspecified atom stereocenters. The summed E-state index contributed by atoms with van der Waals surface area (Å²) in [7, 11) is -3.67. The van der Waals surface area contributed by atoms with Gasteiger partial charge in [0, 0.05) is 24.0 Å². The molecule has 0 radical (unpaired) electrons. The van der Waals surface area contributed by atoms with Crippen molar-refractivity contribution in [3.8, 4) is 0 Å². The van der Waals surface area contributed by atoms with Gasteiger partial charge in [0.05, 0.1) is 11.3 Å². The van der Waals surface area contributed by atoms with Crippen LogP contribution >= 0.6 is 15.9 Å². The van der Waals surface area contributed by atoms with Gasteiger partial charge in [0.25, 0.3) is 0 Å².